The zero-order valence-corrected chi connectivity index (χ0v) is 7.09. The number of hydrogen-bond donors (Lipinski definition) is 0. The van der Waals surface area contributed by atoms with E-state index in [2.05, 4.69) is 0 Å². The van der Waals surface area contributed by atoms with Crippen LogP contribution in [0.15, 0.2) is 16.2 Å². The van der Waals surface area contributed by atoms with Crippen molar-refractivity contribution in [2.24, 2.45) is 0 Å². The average molecular weight is 172 g/mol. The first-order chi connectivity index (χ1) is 5.13. The lowest BCUT2D eigenvalue weighted by molar-refractivity contribution is -0.117. The molecule has 0 atom stereocenters. The smallest absolute Gasteiger partial charge is 0.273 e. The molecule has 1 rings (SSSR count). The van der Waals surface area contributed by atoms with E-state index in [-0.39, 0.29) is 11.5 Å². The molecular formula is C6H8N2O2S. The van der Waals surface area contributed by atoms with Crippen LogP contribution >= 0.6 is 11.5 Å². The second kappa shape index (κ2) is 2.87. The number of aromatic nitrogens is 1. The van der Waals surface area contributed by atoms with E-state index in [0.717, 1.165) is 0 Å². The van der Waals surface area contributed by atoms with Gasteiger partial charge in [0, 0.05) is 25.4 Å². The van der Waals surface area contributed by atoms with E-state index in [0.29, 0.717) is 0 Å². The average Bonchev–Trinajstić information content (AvgIpc) is 2.33. The highest BCUT2D eigenvalue weighted by Gasteiger charge is 2.05. The van der Waals surface area contributed by atoms with Crippen LogP contribution in [0.1, 0.15) is 6.92 Å². The van der Waals surface area contributed by atoms with E-state index in [9.17, 15) is 9.59 Å². The lowest BCUT2D eigenvalue weighted by Crippen LogP contribution is -2.38. The second-order valence-corrected chi connectivity index (χ2v) is 2.89. The molecule has 0 radical (unpaired) electrons. The SMILES string of the molecule is CC(=O)N(C)n1sccc1=O. The highest BCUT2D eigenvalue weighted by Crippen LogP contribution is 1.92. The molecule has 0 bridgehead atoms. The summed E-state index contributed by atoms with van der Waals surface area (Å²) in [7, 11) is 1.56. The monoisotopic (exact) mass is 172 g/mol. The number of amides is 1. The molecule has 0 saturated heterocycles. The molecule has 4 nitrogen and oxygen atoms in total. The van der Waals surface area contributed by atoms with Gasteiger partial charge < -0.3 is 0 Å². The standard InChI is InChI=1S/C6H8N2O2S/c1-5(9)7(2)8-6(10)3-4-11-8/h3-4H,1-2H3. The van der Waals surface area contributed by atoms with Crippen molar-refractivity contribution in [3.05, 3.63) is 21.8 Å². The lowest BCUT2D eigenvalue weighted by Gasteiger charge is -2.12. The van der Waals surface area contributed by atoms with Crippen LogP contribution in [0.2, 0.25) is 0 Å². The fraction of sp³-hybridized carbons (Fsp3) is 0.333. The normalized spacial score (nSPS) is 9.64. The Balaban J connectivity index is 3.02. The Morgan fingerprint density at radius 2 is 2.36 bits per heavy atom. The van der Waals surface area contributed by atoms with Crippen molar-refractivity contribution in [3.8, 4) is 0 Å². The van der Waals surface area contributed by atoms with Crippen LogP contribution in [0, 0.1) is 0 Å². The fourth-order valence-electron chi connectivity index (χ4n) is 0.608. The van der Waals surface area contributed by atoms with Gasteiger partial charge in [-0.05, 0) is 11.5 Å². The van der Waals surface area contributed by atoms with Crippen LogP contribution in [0.4, 0.5) is 0 Å². The van der Waals surface area contributed by atoms with Crippen molar-refractivity contribution in [2.45, 2.75) is 6.92 Å². The van der Waals surface area contributed by atoms with Gasteiger partial charge in [-0.2, -0.15) is 4.07 Å². The molecule has 1 heterocycles. The molecule has 0 saturated carbocycles. The minimum Gasteiger partial charge on any atom is -0.273 e. The summed E-state index contributed by atoms with van der Waals surface area (Å²) in [4.78, 5) is 21.7. The first kappa shape index (κ1) is 8.00. The van der Waals surface area contributed by atoms with Gasteiger partial charge in [-0.15, -0.1) is 0 Å². The number of rotatable bonds is 1. The summed E-state index contributed by atoms with van der Waals surface area (Å²) in [6.07, 6.45) is 0. The highest BCUT2D eigenvalue weighted by molar-refractivity contribution is 7.04. The third-order valence-electron chi connectivity index (χ3n) is 1.29. The topological polar surface area (TPSA) is 42.3 Å². The molecule has 0 N–H and O–H groups in total. The molecule has 0 aliphatic heterocycles. The molecule has 0 unspecified atom stereocenters. The minimum absolute atomic E-state index is 0.158. The van der Waals surface area contributed by atoms with Crippen molar-refractivity contribution in [3.63, 3.8) is 0 Å². The number of carbonyl (C=O) groups excluding carboxylic acids is 1. The first-order valence-corrected chi connectivity index (χ1v) is 3.88. The molecule has 1 aromatic rings. The predicted molar refractivity (Wildman–Crippen MR) is 43.4 cm³/mol. The quantitative estimate of drug-likeness (QED) is 0.599. The van der Waals surface area contributed by atoms with Crippen molar-refractivity contribution >= 4 is 17.4 Å². The molecule has 5 heteroatoms. The molecule has 1 aromatic heterocycles. The molecule has 0 aliphatic carbocycles. The van der Waals surface area contributed by atoms with E-state index < -0.39 is 0 Å². The number of nitrogens with zero attached hydrogens (tertiary/aromatic N) is 2. The van der Waals surface area contributed by atoms with E-state index >= 15 is 0 Å². The van der Waals surface area contributed by atoms with Gasteiger partial charge in [0.2, 0.25) is 5.91 Å². The summed E-state index contributed by atoms with van der Waals surface area (Å²) in [5.41, 5.74) is -0.173. The summed E-state index contributed by atoms with van der Waals surface area (Å²) in [6.45, 7) is 1.41. The Morgan fingerprint density at radius 1 is 1.73 bits per heavy atom. The molecule has 0 aromatic carbocycles. The fourth-order valence-corrected chi connectivity index (χ4v) is 1.32. The van der Waals surface area contributed by atoms with Gasteiger partial charge in [0.1, 0.15) is 0 Å². The van der Waals surface area contributed by atoms with Gasteiger partial charge in [-0.3, -0.25) is 9.59 Å². The highest BCUT2D eigenvalue weighted by atomic mass is 32.1. The van der Waals surface area contributed by atoms with E-state index in [1.165, 1.54) is 33.6 Å². The van der Waals surface area contributed by atoms with Crippen LogP contribution in [0.5, 0.6) is 0 Å². The summed E-state index contributed by atoms with van der Waals surface area (Å²) >= 11 is 1.20. The number of carbonyl (C=O) groups is 1. The Morgan fingerprint density at radius 3 is 2.73 bits per heavy atom. The molecular weight excluding hydrogens is 164 g/mol. The maximum absolute atomic E-state index is 10.9. The van der Waals surface area contributed by atoms with Crippen molar-refractivity contribution in [2.75, 3.05) is 12.1 Å². The molecule has 1 amide bonds. The molecule has 0 aliphatic rings. The predicted octanol–water partition coefficient (Wildman–Crippen LogP) is 0.0241. The van der Waals surface area contributed by atoms with Gasteiger partial charge in [-0.25, -0.2) is 5.01 Å². The lowest BCUT2D eigenvalue weighted by atomic mass is 10.7. The molecule has 60 valence electrons. The maximum Gasteiger partial charge on any atom is 0.279 e. The summed E-state index contributed by atoms with van der Waals surface area (Å²) < 4.78 is 1.29. The van der Waals surface area contributed by atoms with Gasteiger partial charge in [0.25, 0.3) is 5.56 Å². The Kier molecular flexibility index (Phi) is 2.09. The van der Waals surface area contributed by atoms with Crippen LogP contribution in [0.25, 0.3) is 0 Å². The van der Waals surface area contributed by atoms with Crippen LogP contribution in [-0.4, -0.2) is 17.0 Å². The summed E-state index contributed by atoms with van der Waals surface area (Å²) in [5, 5.41) is 2.91. The Bertz CT molecular complexity index is 314. The van der Waals surface area contributed by atoms with Gasteiger partial charge in [-0.1, -0.05) is 0 Å². The van der Waals surface area contributed by atoms with Gasteiger partial charge >= 0.3 is 0 Å². The second-order valence-electron chi connectivity index (χ2n) is 2.06. The van der Waals surface area contributed by atoms with Crippen molar-refractivity contribution in [1.29, 1.82) is 0 Å². The Labute approximate surface area is 67.8 Å². The number of hydrogen-bond acceptors (Lipinski definition) is 3. The van der Waals surface area contributed by atoms with Crippen LogP contribution in [0.3, 0.4) is 0 Å². The molecule has 11 heavy (non-hydrogen) atoms. The minimum atomic E-state index is -0.173. The molecule has 0 fully saturated rings. The Hall–Kier alpha value is -1.10. The summed E-state index contributed by atoms with van der Waals surface area (Å²) in [6, 6.07) is 1.42. The van der Waals surface area contributed by atoms with E-state index in [1.807, 2.05) is 0 Å². The van der Waals surface area contributed by atoms with Gasteiger partial charge in [0.05, 0.1) is 0 Å². The maximum atomic E-state index is 10.9. The van der Waals surface area contributed by atoms with Crippen molar-refractivity contribution < 1.29 is 4.79 Å². The van der Waals surface area contributed by atoms with E-state index in [4.69, 9.17) is 0 Å². The van der Waals surface area contributed by atoms with Crippen LogP contribution in [-0.2, 0) is 4.79 Å². The summed E-state index contributed by atoms with van der Waals surface area (Å²) in [5.74, 6) is -0.158. The largest absolute Gasteiger partial charge is 0.279 e. The zero-order valence-electron chi connectivity index (χ0n) is 6.27. The molecule has 0 spiro atoms. The van der Waals surface area contributed by atoms with Gasteiger partial charge in [0.15, 0.2) is 0 Å². The third kappa shape index (κ3) is 1.48. The van der Waals surface area contributed by atoms with Crippen molar-refractivity contribution in [1.82, 2.24) is 4.07 Å². The first-order valence-electron chi connectivity index (χ1n) is 3.04. The van der Waals surface area contributed by atoms with E-state index in [1.54, 1.807) is 12.4 Å². The third-order valence-corrected chi connectivity index (χ3v) is 2.17. The zero-order chi connectivity index (χ0) is 8.43. The van der Waals surface area contributed by atoms with Crippen LogP contribution < -0.4 is 10.6 Å².